The lowest BCUT2D eigenvalue weighted by atomic mass is 10.1. The average Bonchev–Trinajstić information content (AvgIpc) is 3.21. The minimum Gasteiger partial charge on any atom is -0.504 e. The summed E-state index contributed by atoms with van der Waals surface area (Å²) in [6.07, 6.45) is 2.47. The highest BCUT2D eigenvalue weighted by Crippen LogP contribution is 2.43. The van der Waals surface area contributed by atoms with Crippen molar-refractivity contribution in [3.05, 3.63) is 53.3 Å². The Kier molecular flexibility index (Phi) is 8.03. The standard InChI is InChI=1S/C24H27BrN5O6P/c1-2-3-7-19-29-21-22(30(19)13-15-5-4-6-18(23(15)32)36-37(33,34)35)16-9-8-14(12-27-20(31)11-25)10-17(16)28-24(21)26/h4-6,8-10,32H,2-3,7,11-13H2,1H3,(H2,26,28)(H,27,31)(H2,33,34,35). The third-order valence-corrected chi connectivity index (χ3v) is 6.78. The molecule has 0 aliphatic heterocycles. The zero-order valence-corrected chi connectivity index (χ0v) is 22.5. The van der Waals surface area contributed by atoms with Gasteiger partial charge in [-0.25, -0.2) is 14.5 Å². The third-order valence-electron chi connectivity index (χ3n) is 5.84. The van der Waals surface area contributed by atoms with Crippen LogP contribution < -0.4 is 15.6 Å². The summed E-state index contributed by atoms with van der Waals surface area (Å²) in [5.41, 5.74) is 9.45. The van der Waals surface area contributed by atoms with Gasteiger partial charge in [0.05, 0.1) is 22.9 Å². The van der Waals surface area contributed by atoms with Crippen molar-refractivity contribution in [2.24, 2.45) is 0 Å². The van der Waals surface area contributed by atoms with E-state index in [4.69, 9.17) is 10.7 Å². The van der Waals surface area contributed by atoms with Gasteiger partial charge in [-0.1, -0.05) is 53.5 Å². The fourth-order valence-electron chi connectivity index (χ4n) is 4.12. The molecule has 37 heavy (non-hydrogen) atoms. The molecular formula is C24H27BrN5O6P. The van der Waals surface area contributed by atoms with Crippen LogP contribution in [0.2, 0.25) is 0 Å². The number of halogens is 1. The number of nitrogens with zero attached hydrogens (tertiary/aromatic N) is 3. The molecule has 0 bridgehead atoms. The number of imidazole rings is 1. The van der Waals surface area contributed by atoms with Crippen molar-refractivity contribution in [3.8, 4) is 11.5 Å². The number of aryl methyl sites for hydroxylation is 1. The summed E-state index contributed by atoms with van der Waals surface area (Å²) in [6, 6.07) is 10.1. The van der Waals surface area contributed by atoms with Gasteiger partial charge in [-0.2, -0.15) is 0 Å². The summed E-state index contributed by atoms with van der Waals surface area (Å²) >= 11 is 3.13. The molecular weight excluding hydrogens is 565 g/mol. The van der Waals surface area contributed by atoms with Crippen LogP contribution in [0.1, 0.15) is 36.7 Å². The molecule has 13 heteroatoms. The predicted octanol–water partition coefficient (Wildman–Crippen LogP) is 3.75. The quantitative estimate of drug-likeness (QED) is 0.136. The highest BCUT2D eigenvalue weighted by Gasteiger charge is 2.22. The summed E-state index contributed by atoms with van der Waals surface area (Å²) in [7, 11) is -4.86. The predicted molar refractivity (Wildman–Crippen MR) is 144 cm³/mol. The van der Waals surface area contributed by atoms with Gasteiger partial charge in [0.1, 0.15) is 11.3 Å². The number of pyridine rings is 1. The largest absolute Gasteiger partial charge is 0.524 e. The SMILES string of the molecule is CCCCc1nc2c(N)nc3cc(CNC(=O)CBr)ccc3c2n1Cc1cccc(OP(=O)(O)O)c1O. The first-order valence-corrected chi connectivity index (χ1v) is 14.2. The van der Waals surface area contributed by atoms with Gasteiger partial charge in [-0.15, -0.1) is 0 Å². The second-order valence-electron chi connectivity index (χ2n) is 8.52. The molecule has 0 saturated heterocycles. The number of carbonyl (C=O) groups is 1. The van der Waals surface area contributed by atoms with E-state index in [0.29, 0.717) is 29.6 Å². The first kappa shape index (κ1) is 26.9. The van der Waals surface area contributed by atoms with Crippen LogP contribution in [0.5, 0.6) is 11.5 Å². The van der Waals surface area contributed by atoms with Gasteiger partial charge in [0.25, 0.3) is 0 Å². The number of nitrogens with one attached hydrogen (secondary N) is 1. The number of phenolic OH excluding ortho intramolecular Hbond substituents is 1. The van der Waals surface area contributed by atoms with Gasteiger partial charge >= 0.3 is 7.82 Å². The van der Waals surface area contributed by atoms with Gasteiger partial charge < -0.3 is 25.2 Å². The Labute approximate surface area is 221 Å². The van der Waals surface area contributed by atoms with E-state index in [1.807, 2.05) is 22.8 Å². The van der Waals surface area contributed by atoms with Crippen molar-refractivity contribution in [1.29, 1.82) is 0 Å². The molecule has 11 nitrogen and oxygen atoms in total. The van der Waals surface area contributed by atoms with Crippen LogP contribution in [-0.4, -0.2) is 40.7 Å². The lowest BCUT2D eigenvalue weighted by Crippen LogP contribution is -2.23. The number of anilines is 1. The van der Waals surface area contributed by atoms with Crippen molar-refractivity contribution in [1.82, 2.24) is 19.9 Å². The van der Waals surface area contributed by atoms with Crippen molar-refractivity contribution in [3.63, 3.8) is 0 Å². The Morgan fingerprint density at radius 2 is 2.03 bits per heavy atom. The highest BCUT2D eigenvalue weighted by atomic mass is 79.9. The summed E-state index contributed by atoms with van der Waals surface area (Å²) in [4.78, 5) is 39.4. The van der Waals surface area contributed by atoms with E-state index in [1.165, 1.54) is 6.07 Å². The van der Waals surface area contributed by atoms with Crippen LogP contribution in [0, 0.1) is 0 Å². The third kappa shape index (κ3) is 6.04. The number of hydrogen-bond donors (Lipinski definition) is 5. The maximum Gasteiger partial charge on any atom is 0.524 e. The van der Waals surface area contributed by atoms with Crippen molar-refractivity contribution >= 4 is 57.4 Å². The molecule has 6 N–H and O–H groups in total. The summed E-state index contributed by atoms with van der Waals surface area (Å²) < 4.78 is 17.9. The number of nitrogen functional groups attached to an aromatic ring is 1. The van der Waals surface area contributed by atoms with Crippen molar-refractivity contribution in [2.45, 2.75) is 39.3 Å². The number of amides is 1. The second kappa shape index (κ2) is 11.1. The lowest BCUT2D eigenvalue weighted by Gasteiger charge is -2.15. The number of phosphoric acid groups is 1. The van der Waals surface area contributed by atoms with E-state index in [9.17, 15) is 24.3 Å². The average molecular weight is 592 g/mol. The topological polar surface area (TPSA) is 173 Å². The first-order valence-electron chi connectivity index (χ1n) is 11.6. The van der Waals surface area contributed by atoms with Crippen LogP contribution >= 0.6 is 23.8 Å². The van der Waals surface area contributed by atoms with Crippen molar-refractivity contribution in [2.75, 3.05) is 11.1 Å². The highest BCUT2D eigenvalue weighted by molar-refractivity contribution is 9.09. The summed E-state index contributed by atoms with van der Waals surface area (Å²) in [6.45, 7) is 2.56. The number of carbonyl (C=O) groups excluding carboxylic acids is 1. The number of rotatable bonds is 10. The van der Waals surface area contributed by atoms with Gasteiger partial charge in [-0.3, -0.25) is 14.6 Å². The Morgan fingerprint density at radius 3 is 2.73 bits per heavy atom. The van der Waals surface area contributed by atoms with Crippen LogP contribution in [0.25, 0.3) is 21.9 Å². The molecule has 0 unspecified atom stereocenters. The van der Waals surface area contributed by atoms with E-state index >= 15 is 0 Å². The molecule has 0 saturated carbocycles. The lowest BCUT2D eigenvalue weighted by molar-refractivity contribution is -0.118. The van der Waals surface area contributed by atoms with E-state index in [0.717, 1.165) is 35.1 Å². The number of fused-ring (bicyclic) bond motifs is 3. The number of phenols is 1. The van der Waals surface area contributed by atoms with E-state index in [-0.39, 0.29) is 35.1 Å². The van der Waals surface area contributed by atoms with Gasteiger partial charge in [0.2, 0.25) is 5.91 Å². The molecule has 196 valence electrons. The molecule has 2 heterocycles. The molecule has 0 aliphatic rings. The Hall–Kier alpha value is -3.18. The zero-order chi connectivity index (χ0) is 26.7. The molecule has 0 radical (unpaired) electrons. The molecule has 0 fully saturated rings. The number of nitrogens with two attached hydrogens (primary N) is 1. The van der Waals surface area contributed by atoms with E-state index in [2.05, 4.69) is 37.7 Å². The van der Waals surface area contributed by atoms with Crippen LogP contribution in [0.4, 0.5) is 5.82 Å². The number of aromatic nitrogens is 3. The second-order valence-corrected chi connectivity index (χ2v) is 10.2. The Bertz CT molecular complexity index is 1520. The van der Waals surface area contributed by atoms with Gasteiger partial charge in [0, 0.05) is 23.9 Å². The molecule has 0 spiro atoms. The molecule has 0 aliphatic carbocycles. The summed E-state index contributed by atoms with van der Waals surface area (Å²) in [5.74, 6) is 0.180. The van der Waals surface area contributed by atoms with Gasteiger partial charge in [0.15, 0.2) is 17.3 Å². The smallest absolute Gasteiger partial charge is 0.504 e. The fraction of sp³-hybridized carbons (Fsp3) is 0.292. The van der Waals surface area contributed by atoms with Crippen molar-refractivity contribution < 1.29 is 28.8 Å². The number of phosphoric ester groups is 1. The number of unbranched alkanes of at least 4 members (excludes halogenated alkanes) is 1. The van der Waals surface area contributed by atoms with E-state index in [1.54, 1.807) is 12.1 Å². The Morgan fingerprint density at radius 1 is 1.24 bits per heavy atom. The number of para-hydroxylation sites is 1. The monoisotopic (exact) mass is 591 g/mol. The van der Waals surface area contributed by atoms with Crippen LogP contribution in [0.15, 0.2) is 36.4 Å². The minimum atomic E-state index is -4.86. The number of aromatic hydroxyl groups is 1. The first-order chi connectivity index (χ1) is 17.6. The molecule has 4 aromatic rings. The maximum absolute atomic E-state index is 11.6. The van der Waals surface area contributed by atoms with Gasteiger partial charge in [-0.05, 0) is 24.1 Å². The molecule has 2 aromatic carbocycles. The minimum absolute atomic E-state index is 0.133. The van der Waals surface area contributed by atoms with Crippen LogP contribution in [0.3, 0.4) is 0 Å². The Balaban J connectivity index is 1.85. The maximum atomic E-state index is 11.6. The zero-order valence-electron chi connectivity index (χ0n) is 20.0. The summed E-state index contributed by atoms with van der Waals surface area (Å²) in [5, 5.41) is 14.5. The number of hydrogen-bond acceptors (Lipinski definition) is 7. The number of alkyl halides is 1. The molecule has 0 atom stereocenters. The molecule has 2 aromatic heterocycles. The molecule has 4 rings (SSSR count). The van der Waals surface area contributed by atoms with Crippen LogP contribution in [-0.2, 0) is 28.9 Å². The molecule has 1 amide bonds. The fourth-order valence-corrected chi connectivity index (χ4v) is 4.73. The normalized spacial score (nSPS) is 11.8. The van der Waals surface area contributed by atoms with E-state index < -0.39 is 7.82 Å². The number of benzene rings is 2.